The summed E-state index contributed by atoms with van der Waals surface area (Å²) < 4.78 is 32.7. The Labute approximate surface area is 154 Å². The lowest BCUT2D eigenvalue weighted by molar-refractivity contribution is 0.0905. The molecule has 2 rings (SSSR count). The second-order valence-electron chi connectivity index (χ2n) is 6.28. The summed E-state index contributed by atoms with van der Waals surface area (Å²) in [5.41, 5.74) is 2.38. The van der Waals surface area contributed by atoms with Gasteiger partial charge in [-0.05, 0) is 62.2 Å². The Morgan fingerprint density at radius 2 is 1.77 bits per heavy atom. The van der Waals surface area contributed by atoms with Gasteiger partial charge in [0.05, 0.1) is 11.5 Å². The summed E-state index contributed by atoms with van der Waals surface area (Å²) in [7, 11) is -2.12. The van der Waals surface area contributed by atoms with Gasteiger partial charge in [0.15, 0.2) is 0 Å². The van der Waals surface area contributed by atoms with Gasteiger partial charge in [0.25, 0.3) is 15.9 Å². The first-order chi connectivity index (χ1) is 12.2. The average molecular weight is 376 g/mol. The van der Waals surface area contributed by atoms with Crippen LogP contribution in [0.4, 0.5) is 5.69 Å². The van der Waals surface area contributed by atoms with Crippen molar-refractivity contribution in [1.29, 1.82) is 0 Å². The van der Waals surface area contributed by atoms with Crippen LogP contribution in [0.1, 0.15) is 28.4 Å². The standard InChI is InChI=1S/C19H24N2O4S/c1-13-5-6-14(2)18(11-13)26(23,24)21-17-9-7-16(8-10-17)19(22)20-15(3)12-25-4/h5-11,15,21H,12H2,1-4H3,(H,20,22). The van der Waals surface area contributed by atoms with Crippen molar-refractivity contribution in [3.05, 3.63) is 59.2 Å². The lowest BCUT2D eigenvalue weighted by atomic mass is 10.2. The Balaban J connectivity index is 2.13. The third-order valence-corrected chi connectivity index (χ3v) is 5.35. The molecule has 2 aromatic carbocycles. The van der Waals surface area contributed by atoms with Crippen LogP contribution in [0.5, 0.6) is 0 Å². The highest BCUT2D eigenvalue weighted by Crippen LogP contribution is 2.21. The van der Waals surface area contributed by atoms with Crippen molar-refractivity contribution in [3.63, 3.8) is 0 Å². The number of aryl methyl sites for hydroxylation is 2. The van der Waals surface area contributed by atoms with E-state index in [9.17, 15) is 13.2 Å². The molecule has 0 heterocycles. The maximum absolute atomic E-state index is 12.6. The Morgan fingerprint density at radius 1 is 1.12 bits per heavy atom. The van der Waals surface area contributed by atoms with Crippen molar-refractivity contribution >= 4 is 21.6 Å². The maximum Gasteiger partial charge on any atom is 0.262 e. The molecular weight excluding hydrogens is 352 g/mol. The van der Waals surface area contributed by atoms with Gasteiger partial charge in [-0.1, -0.05) is 12.1 Å². The monoisotopic (exact) mass is 376 g/mol. The third kappa shape index (κ3) is 5.06. The molecule has 140 valence electrons. The van der Waals surface area contributed by atoms with Gasteiger partial charge in [0.1, 0.15) is 0 Å². The van der Waals surface area contributed by atoms with Gasteiger partial charge >= 0.3 is 0 Å². The molecular formula is C19H24N2O4S. The van der Waals surface area contributed by atoms with E-state index in [0.717, 1.165) is 5.56 Å². The molecule has 0 spiro atoms. The van der Waals surface area contributed by atoms with Crippen molar-refractivity contribution in [1.82, 2.24) is 5.32 Å². The molecule has 1 unspecified atom stereocenters. The number of anilines is 1. The summed E-state index contributed by atoms with van der Waals surface area (Å²) in [6.07, 6.45) is 0. The van der Waals surface area contributed by atoms with Gasteiger partial charge in [-0.2, -0.15) is 0 Å². The van der Waals surface area contributed by atoms with Crippen molar-refractivity contribution in [2.45, 2.75) is 31.7 Å². The molecule has 0 aliphatic heterocycles. The molecule has 0 aromatic heterocycles. The fourth-order valence-electron chi connectivity index (χ4n) is 2.50. The molecule has 2 aromatic rings. The number of nitrogens with one attached hydrogen (secondary N) is 2. The highest BCUT2D eigenvalue weighted by Gasteiger charge is 2.17. The predicted molar refractivity (Wildman–Crippen MR) is 102 cm³/mol. The van der Waals surface area contributed by atoms with E-state index in [0.29, 0.717) is 23.4 Å². The van der Waals surface area contributed by atoms with Crippen LogP contribution >= 0.6 is 0 Å². The second kappa shape index (κ2) is 8.33. The minimum Gasteiger partial charge on any atom is -0.383 e. The molecule has 0 radical (unpaired) electrons. The normalized spacial score (nSPS) is 12.5. The number of hydrogen-bond donors (Lipinski definition) is 2. The summed E-state index contributed by atoms with van der Waals surface area (Å²) in [5, 5.41) is 2.80. The van der Waals surface area contributed by atoms with E-state index in [1.165, 1.54) is 0 Å². The second-order valence-corrected chi connectivity index (χ2v) is 7.93. The van der Waals surface area contributed by atoms with Crippen molar-refractivity contribution in [2.75, 3.05) is 18.4 Å². The van der Waals surface area contributed by atoms with Gasteiger partial charge in [-0.25, -0.2) is 8.42 Å². The Bertz CT molecular complexity index is 877. The van der Waals surface area contributed by atoms with Crippen molar-refractivity contribution in [3.8, 4) is 0 Å². The lowest BCUT2D eigenvalue weighted by Crippen LogP contribution is -2.35. The minimum atomic E-state index is -3.69. The van der Waals surface area contributed by atoms with Gasteiger partial charge < -0.3 is 10.1 Å². The van der Waals surface area contributed by atoms with Gasteiger partial charge in [-0.3, -0.25) is 9.52 Å². The first-order valence-electron chi connectivity index (χ1n) is 8.23. The molecule has 2 N–H and O–H groups in total. The van der Waals surface area contributed by atoms with E-state index >= 15 is 0 Å². The number of hydrogen-bond acceptors (Lipinski definition) is 4. The van der Waals surface area contributed by atoms with Crippen LogP contribution in [0.25, 0.3) is 0 Å². The van der Waals surface area contributed by atoms with E-state index < -0.39 is 10.0 Å². The van der Waals surface area contributed by atoms with E-state index in [-0.39, 0.29) is 16.8 Å². The predicted octanol–water partition coefficient (Wildman–Crippen LogP) is 2.87. The summed E-state index contributed by atoms with van der Waals surface area (Å²) >= 11 is 0. The number of rotatable bonds is 7. The van der Waals surface area contributed by atoms with Crippen LogP contribution in [-0.4, -0.2) is 34.1 Å². The van der Waals surface area contributed by atoms with Gasteiger partial charge in [-0.15, -0.1) is 0 Å². The van der Waals surface area contributed by atoms with Gasteiger partial charge in [0.2, 0.25) is 0 Å². The maximum atomic E-state index is 12.6. The van der Waals surface area contributed by atoms with Gasteiger partial charge in [0, 0.05) is 24.4 Å². The molecule has 6 nitrogen and oxygen atoms in total. The lowest BCUT2D eigenvalue weighted by Gasteiger charge is -2.14. The zero-order valence-corrected chi connectivity index (χ0v) is 16.2. The number of sulfonamides is 1. The Hall–Kier alpha value is -2.38. The SMILES string of the molecule is COCC(C)NC(=O)c1ccc(NS(=O)(=O)c2cc(C)ccc2C)cc1. The Morgan fingerprint density at radius 3 is 2.38 bits per heavy atom. The molecule has 0 saturated carbocycles. The number of benzene rings is 2. The largest absolute Gasteiger partial charge is 0.383 e. The fraction of sp³-hybridized carbons (Fsp3) is 0.316. The first-order valence-corrected chi connectivity index (χ1v) is 9.71. The zero-order chi connectivity index (χ0) is 19.3. The van der Waals surface area contributed by atoms with Crippen LogP contribution in [0.15, 0.2) is 47.4 Å². The smallest absolute Gasteiger partial charge is 0.262 e. The number of carbonyl (C=O) groups is 1. The average Bonchev–Trinajstić information content (AvgIpc) is 2.57. The molecule has 0 fully saturated rings. The van der Waals surface area contributed by atoms with Crippen LogP contribution < -0.4 is 10.0 Å². The van der Waals surface area contributed by atoms with Crippen molar-refractivity contribution < 1.29 is 17.9 Å². The molecule has 1 amide bonds. The number of methoxy groups -OCH3 is 1. The zero-order valence-electron chi connectivity index (χ0n) is 15.4. The summed E-state index contributed by atoms with van der Waals surface area (Å²) in [4.78, 5) is 12.4. The van der Waals surface area contributed by atoms with E-state index in [1.54, 1.807) is 50.4 Å². The van der Waals surface area contributed by atoms with Crippen LogP contribution in [0, 0.1) is 13.8 Å². The Kier molecular flexibility index (Phi) is 6.39. The molecule has 26 heavy (non-hydrogen) atoms. The molecule has 1 atom stereocenters. The molecule has 0 aliphatic carbocycles. The third-order valence-electron chi connectivity index (χ3n) is 3.83. The van der Waals surface area contributed by atoms with E-state index in [2.05, 4.69) is 10.0 Å². The molecule has 0 bridgehead atoms. The highest BCUT2D eigenvalue weighted by molar-refractivity contribution is 7.92. The summed E-state index contributed by atoms with van der Waals surface area (Å²) in [5.74, 6) is -0.238. The van der Waals surface area contributed by atoms with Crippen LogP contribution in [-0.2, 0) is 14.8 Å². The molecule has 0 aliphatic rings. The summed E-state index contributed by atoms with van der Waals surface area (Å²) in [6, 6.07) is 11.5. The molecule has 0 saturated heterocycles. The number of amides is 1. The van der Waals surface area contributed by atoms with Crippen molar-refractivity contribution in [2.24, 2.45) is 0 Å². The highest BCUT2D eigenvalue weighted by atomic mass is 32.2. The topological polar surface area (TPSA) is 84.5 Å². The number of ether oxygens (including phenoxy) is 1. The minimum absolute atomic E-state index is 0.116. The van der Waals surface area contributed by atoms with Crippen LogP contribution in [0.3, 0.4) is 0 Å². The quantitative estimate of drug-likeness (QED) is 0.778. The first kappa shape index (κ1) is 19.9. The summed E-state index contributed by atoms with van der Waals surface area (Å²) in [6.45, 7) is 5.85. The fourth-order valence-corrected chi connectivity index (χ4v) is 3.88. The van der Waals surface area contributed by atoms with Crippen LogP contribution in [0.2, 0.25) is 0 Å². The van der Waals surface area contributed by atoms with E-state index in [4.69, 9.17) is 4.74 Å². The van der Waals surface area contributed by atoms with E-state index in [1.807, 2.05) is 19.9 Å². The molecule has 7 heteroatoms. The number of carbonyl (C=O) groups excluding carboxylic acids is 1.